The highest BCUT2D eigenvalue weighted by Crippen LogP contribution is 2.22. The first kappa shape index (κ1) is 21.5. The lowest BCUT2D eigenvalue weighted by Crippen LogP contribution is -2.34. The highest BCUT2D eigenvalue weighted by atomic mass is 32.2. The van der Waals surface area contributed by atoms with Gasteiger partial charge in [-0.05, 0) is 35.2 Å². The van der Waals surface area contributed by atoms with E-state index in [1.54, 1.807) is 30.3 Å². The first-order chi connectivity index (χ1) is 13.1. The van der Waals surface area contributed by atoms with Crippen molar-refractivity contribution in [3.05, 3.63) is 65.2 Å². The first-order valence-electron chi connectivity index (χ1n) is 8.64. The number of hydrogen-bond acceptors (Lipinski definition) is 5. The lowest BCUT2D eigenvalue weighted by molar-refractivity contribution is -0.123. The summed E-state index contributed by atoms with van der Waals surface area (Å²) >= 11 is 0. The fourth-order valence-electron chi connectivity index (χ4n) is 2.45. The van der Waals surface area contributed by atoms with Crippen LogP contribution in [0.25, 0.3) is 0 Å². The Morgan fingerprint density at radius 2 is 1.61 bits per heavy atom. The van der Waals surface area contributed by atoms with Gasteiger partial charge in [0.1, 0.15) is 0 Å². The smallest absolute Gasteiger partial charge is 0.339 e. The third kappa shape index (κ3) is 5.60. The topological polar surface area (TPSA) is 89.5 Å². The maximum absolute atomic E-state index is 12.2. The minimum atomic E-state index is -1.37. The van der Waals surface area contributed by atoms with Crippen molar-refractivity contribution in [3.8, 4) is 0 Å². The summed E-state index contributed by atoms with van der Waals surface area (Å²) in [5, 5.41) is 2.18. The summed E-state index contributed by atoms with van der Waals surface area (Å²) in [6, 6.07) is 13.2. The summed E-state index contributed by atoms with van der Waals surface area (Å²) in [7, 11) is -1.37. The van der Waals surface area contributed by atoms with Crippen molar-refractivity contribution < 1.29 is 23.3 Å². The van der Waals surface area contributed by atoms with Crippen molar-refractivity contribution in [2.75, 3.05) is 12.9 Å². The van der Waals surface area contributed by atoms with Crippen molar-refractivity contribution in [2.45, 2.75) is 31.1 Å². The minimum Gasteiger partial charge on any atom is -0.452 e. The average molecular weight is 401 g/mol. The number of imide groups is 1. The summed E-state index contributed by atoms with van der Waals surface area (Å²) in [5.41, 5.74) is 1.48. The van der Waals surface area contributed by atoms with Gasteiger partial charge >= 0.3 is 5.97 Å². The van der Waals surface area contributed by atoms with E-state index in [9.17, 15) is 18.6 Å². The summed E-state index contributed by atoms with van der Waals surface area (Å²) in [4.78, 5) is 36.6. The Bertz CT molecular complexity index is 913. The van der Waals surface area contributed by atoms with Crippen LogP contribution in [-0.2, 0) is 25.7 Å². The molecule has 0 heterocycles. The second-order valence-corrected chi connectivity index (χ2v) is 8.58. The molecular formula is C21H23NO5S. The SMILES string of the molecule is C[S@@](=O)c1ccccc1C(=O)OCC(=O)NC(=O)c1ccc(C(C)(C)C)cc1. The van der Waals surface area contributed by atoms with E-state index in [1.807, 2.05) is 12.1 Å². The van der Waals surface area contributed by atoms with Gasteiger partial charge in [-0.15, -0.1) is 0 Å². The zero-order chi connectivity index (χ0) is 20.9. The Morgan fingerprint density at radius 1 is 1.00 bits per heavy atom. The van der Waals surface area contributed by atoms with Crippen molar-refractivity contribution in [1.29, 1.82) is 0 Å². The molecule has 0 bridgehead atoms. The van der Waals surface area contributed by atoms with Crippen molar-refractivity contribution >= 4 is 28.6 Å². The first-order valence-corrected chi connectivity index (χ1v) is 10.2. The Kier molecular flexibility index (Phi) is 6.85. The standard InChI is InChI=1S/C21H23NO5S/c1-21(2,3)15-11-9-14(10-12-15)19(24)22-18(23)13-27-20(25)16-7-5-6-8-17(16)28(4)26/h5-12H,13H2,1-4H3,(H,22,23,24)/t28-/m1/s1. The second kappa shape index (κ2) is 8.93. The molecule has 0 spiro atoms. The third-order valence-corrected chi connectivity index (χ3v) is 4.99. The van der Waals surface area contributed by atoms with Crippen LogP contribution >= 0.6 is 0 Å². The van der Waals surface area contributed by atoms with Crippen LogP contribution in [0.3, 0.4) is 0 Å². The summed E-state index contributed by atoms with van der Waals surface area (Å²) in [6.45, 7) is 5.57. The molecule has 0 radical (unpaired) electrons. The number of hydrogen-bond donors (Lipinski definition) is 1. The lowest BCUT2D eigenvalue weighted by Gasteiger charge is -2.19. The number of nitrogens with one attached hydrogen (secondary N) is 1. The van der Waals surface area contributed by atoms with E-state index in [0.29, 0.717) is 10.5 Å². The molecule has 2 amide bonds. The Balaban J connectivity index is 1.94. The van der Waals surface area contributed by atoms with Crippen LogP contribution in [0.5, 0.6) is 0 Å². The predicted octanol–water partition coefficient (Wildman–Crippen LogP) is 2.83. The lowest BCUT2D eigenvalue weighted by atomic mass is 9.87. The van der Waals surface area contributed by atoms with Gasteiger partial charge in [0.15, 0.2) is 6.61 Å². The molecule has 0 aliphatic rings. The van der Waals surface area contributed by atoms with Crippen molar-refractivity contribution in [3.63, 3.8) is 0 Å². The number of amides is 2. The van der Waals surface area contributed by atoms with Crippen LogP contribution in [0.15, 0.2) is 53.4 Å². The van der Waals surface area contributed by atoms with Gasteiger partial charge in [-0.1, -0.05) is 45.0 Å². The van der Waals surface area contributed by atoms with E-state index in [4.69, 9.17) is 4.74 Å². The van der Waals surface area contributed by atoms with E-state index in [2.05, 4.69) is 26.1 Å². The molecule has 1 N–H and O–H groups in total. The van der Waals surface area contributed by atoms with Crippen LogP contribution in [0, 0.1) is 0 Å². The van der Waals surface area contributed by atoms with Gasteiger partial charge in [0.05, 0.1) is 21.3 Å². The molecular weight excluding hydrogens is 378 g/mol. The molecule has 0 fully saturated rings. The summed E-state index contributed by atoms with van der Waals surface area (Å²) in [5.74, 6) is -2.09. The molecule has 0 saturated carbocycles. The molecule has 0 unspecified atom stereocenters. The van der Waals surface area contributed by atoms with Crippen LogP contribution in [0.1, 0.15) is 47.1 Å². The number of rotatable bonds is 5. The zero-order valence-electron chi connectivity index (χ0n) is 16.3. The highest BCUT2D eigenvalue weighted by molar-refractivity contribution is 7.84. The number of carbonyl (C=O) groups excluding carboxylic acids is 3. The Labute approximate surface area is 166 Å². The number of benzene rings is 2. The quantitative estimate of drug-likeness (QED) is 0.778. The van der Waals surface area contributed by atoms with Gasteiger partial charge in [0.25, 0.3) is 11.8 Å². The van der Waals surface area contributed by atoms with Crippen LogP contribution < -0.4 is 5.32 Å². The summed E-state index contributed by atoms with van der Waals surface area (Å²) < 4.78 is 16.6. The molecule has 148 valence electrons. The van der Waals surface area contributed by atoms with E-state index in [1.165, 1.54) is 12.3 Å². The number of carbonyl (C=O) groups is 3. The normalized spacial score (nSPS) is 12.1. The molecule has 6 nitrogen and oxygen atoms in total. The van der Waals surface area contributed by atoms with E-state index in [-0.39, 0.29) is 11.0 Å². The molecule has 28 heavy (non-hydrogen) atoms. The van der Waals surface area contributed by atoms with Gasteiger partial charge in [-0.2, -0.15) is 0 Å². The van der Waals surface area contributed by atoms with Crippen LogP contribution in [0.4, 0.5) is 0 Å². The van der Waals surface area contributed by atoms with Gasteiger partial charge < -0.3 is 4.74 Å². The summed E-state index contributed by atoms with van der Waals surface area (Å²) in [6.07, 6.45) is 1.45. The zero-order valence-corrected chi connectivity index (χ0v) is 17.1. The molecule has 2 aromatic rings. The second-order valence-electron chi connectivity index (χ2n) is 7.23. The Morgan fingerprint density at radius 3 is 2.18 bits per heavy atom. The fourth-order valence-corrected chi connectivity index (χ4v) is 3.18. The average Bonchev–Trinajstić information content (AvgIpc) is 2.65. The fraction of sp³-hybridized carbons (Fsp3) is 0.286. The predicted molar refractivity (Wildman–Crippen MR) is 107 cm³/mol. The van der Waals surface area contributed by atoms with Gasteiger partial charge in [-0.3, -0.25) is 19.1 Å². The van der Waals surface area contributed by atoms with Gasteiger partial charge in [0.2, 0.25) is 0 Å². The van der Waals surface area contributed by atoms with E-state index in [0.717, 1.165) is 5.56 Å². The highest BCUT2D eigenvalue weighted by Gasteiger charge is 2.18. The van der Waals surface area contributed by atoms with Crippen molar-refractivity contribution in [2.24, 2.45) is 0 Å². The largest absolute Gasteiger partial charge is 0.452 e. The molecule has 2 aromatic carbocycles. The molecule has 0 aliphatic carbocycles. The third-order valence-electron chi connectivity index (χ3n) is 4.02. The molecule has 0 aliphatic heterocycles. The maximum atomic E-state index is 12.2. The molecule has 0 saturated heterocycles. The van der Waals surface area contributed by atoms with E-state index >= 15 is 0 Å². The number of ether oxygens (including phenoxy) is 1. The minimum absolute atomic E-state index is 0.0442. The maximum Gasteiger partial charge on any atom is 0.339 e. The monoisotopic (exact) mass is 401 g/mol. The van der Waals surface area contributed by atoms with Gasteiger partial charge in [-0.25, -0.2) is 4.79 Å². The molecule has 2 rings (SSSR count). The molecule has 7 heteroatoms. The molecule has 1 atom stereocenters. The van der Waals surface area contributed by atoms with Crippen LogP contribution in [0.2, 0.25) is 0 Å². The van der Waals surface area contributed by atoms with E-state index < -0.39 is 35.2 Å². The molecule has 0 aromatic heterocycles. The Hall–Kier alpha value is -2.80. The van der Waals surface area contributed by atoms with Crippen molar-refractivity contribution in [1.82, 2.24) is 5.32 Å². The van der Waals surface area contributed by atoms with Gasteiger partial charge in [0, 0.05) is 11.8 Å². The number of esters is 1. The van der Waals surface area contributed by atoms with Crippen LogP contribution in [-0.4, -0.2) is 34.9 Å².